The summed E-state index contributed by atoms with van der Waals surface area (Å²) in [6.45, 7) is -2.42. The van der Waals surface area contributed by atoms with Crippen LogP contribution in [0.3, 0.4) is 0 Å². The molecule has 20 unspecified atom stereocenters. The largest absolute Gasteiger partial charge is 0.397 e. The van der Waals surface area contributed by atoms with Gasteiger partial charge in [0, 0.05) is 0 Å². The molecule has 4 bridgehead atoms. The summed E-state index contributed by atoms with van der Waals surface area (Å²) in [6.07, 6.45) is -33.1. The normalized spacial score (nSPS) is 50.4. The van der Waals surface area contributed by atoms with Crippen LogP contribution in [0.1, 0.15) is 0 Å². The van der Waals surface area contributed by atoms with Gasteiger partial charge in [0.15, 0.2) is 25.2 Å². The molecule has 0 spiro atoms. The predicted octanol–water partition coefficient (Wildman–Crippen LogP) is -8.00. The minimum atomic E-state index is -5.31. The fraction of sp³-hybridized carbons (Fsp3) is 1.00. The summed E-state index contributed by atoms with van der Waals surface area (Å²) >= 11 is 0. The van der Waals surface area contributed by atoms with Gasteiger partial charge < -0.3 is 83.5 Å². The molecule has 6 aliphatic rings. The van der Waals surface area contributed by atoms with Gasteiger partial charge in [0.2, 0.25) is 0 Å². The smallest absolute Gasteiger partial charge is 0.394 e. The molecule has 6 rings (SSSR count). The molecular weight excluding hydrogens is 752 g/mol. The Balaban J connectivity index is 1.17. The fourth-order valence-electron chi connectivity index (χ4n) is 6.76. The molecular formula is C24H38O25S2. The van der Waals surface area contributed by atoms with E-state index in [2.05, 4.69) is 8.37 Å². The first-order valence-corrected chi connectivity index (χ1v) is 18.1. The molecule has 20 atom stereocenters. The Morgan fingerprint density at radius 2 is 0.961 bits per heavy atom. The summed E-state index contributed by atoms with van der Waals surface area (Å²) in [5.74, 6) is 0. The molecule has 0 aromatic rings. The highest BCUT2D eigenvalue weighted by Gasteiger charge is 2.59. The third kappa shape index (κ3) is 8.21. The summed E-state index contributed by atoms with van der Waals surface area (Å²) in [6, 6.07) is 0. The van der Waals surface area contributed by atoms with Crippen LogP contribution in [-0.2, 0) is 71.8 Å². The van der Waals surface area contributed by atoms with Crippen LogP contribution in [0.25, 0.3) is 0 Å². The van der Waals surface area contributed by atoms with Crippen molar-refractivity contribution < 1.29 is 118 Å². The monoisotopic (exact) mass is 790 g/mol. The molecule has 6 fully saturated rings. The standard InChI is InChI=1S/C24H38O25S2/c25-1-5-14(48-50(33,34)35)9(27)10(28)22(42-5)45-16-8-4-40-19(16)12(30)23(44-8)47-20-13(31)24(43-6(2-26)17(20)49-51(36,37)38)46-15-7-3-39-18(15)11(29)21(32)41-7/h5-32H,1-4H2,(H,33,34,35)(H,36,37,38). The van der Waals surface area contributed by atoms with Crippen LogP contribution >= 0.6 is 0 Å². The van der Waals surface area contributed by atoms with Crippen molar-refractivity contribution in [1.82, 2.24) is 0 Å². The molecule has 6 heterocycles. The van der Waals surface area contributed by atoms with Crippen LogP contribution in [0, 0.1) is 0 Å². The minimum absolute atomic E-state index is 0.139. The van der Waals surface area contributed by atoms with Gasteiger partial charge in [-0.05, 0) is 0 Å². The number of rotatable bonds is 12. The van der Waals surface area contributed by atoms with E-state index in [0.29, 0.717) is 0 Å². The Morgan fingerprint density at radius 3 is 1.51 bits per heavy atom. The maximum absolute atomic E-state index is 11.8. The van der Waals surface area contributed by atoms with Crippen LogP contribution in [0.5, 0.6) is 0 Å². The SMILES string of the molecule is O=S(=O)(O)OC1C(CO)OC(OC2C3COC2C(O)C(OC2C(O)C(OC4C5COC4C(O)C(O)O5)OC(CO)C2OS(=O)(=O)O)O3)C(O)C1O. The summed E-state index contributed by atoms with van der Waals surface area (Å²) in [5, 5.41) is 83.4. The number of hydrogen-bond donors (Lipinski definition) is 10. The van der Waals surface area contributed by atoms with E-state index in [1.807, 2.05) is 0 Å². The van der Waals surface area contributed by atoms with Gasteiger partial charge in [-0.2, -0.15) is 16.8 Å². The molecule has 296 valence electrons. The first-order chi connectivity index (χ1) is 23.9. The van der Waals surface area contributed by atoms with Crippen LogP contribution in [0.15, 0.2) is 0 Å². The molecule has 10 N–H and O–H groups in total. The van der Waals surface area contributed by atoms with E-state index >= 15 is 0 Å². The van der Waals surface area contributed by atoms with E-state index in [0.717, 1.165) is 0 Å². The van der Waals surface area contributed by atoms with Gasteiger partial charge in [0.25, 0.3) is 0 Å². The van der Waals surface area contributed by atoms with Gasteiger partial charge >= 0.3 is 20.8 Å². The van der Waals surface area contributed by atoms with Crippen molar-refractivity contribution in [3.05, 3.63) is 0 Å². The van der Waals surface area contributed by atoms with Crippen molar-refractivity contribution in [3.8, 4) is 0 Å². The van der Waals surface area contributed by atoms with Gasteiger partial charge in [-0.3, -0.25) is 9.11 Å². The zero-order valence-electron chi connectivity index (χ0n) is 25.8. The zero-order valence-corrected chi connectivity index (χ0v) is 27.4. The van der Waals surface area contributed by atoms with E-state index in [9.17, 15) is 62.2 Å². The van der Waals surface area contributed by atoms with Crippen molar-refractivity contribution in [1.29, 1.82) is 0 Å². The second-order valence-electron chi connectivity index (χ2n) is 12.4. The predicted molar refractivity (Wildman–Crippen MR) is 148 cm³/mol. The Hall–Kier alpha value is -0.940. The second-order valence-corrected chi connectivity index (χ2v) is 14.5. The van der Waals surface area contributed by atoms with Gasteiger partial charge in [-0.15, -0.1) is 0 Å². The zero-order chi connectivity index (χ0) is 37.2. The number of aliphatic hydroxyl groups is 8. The molecule has 0 aromatic carbocycles. The van der Waals surface area contributed by atoms with Crippen molar-refractivity contribution in [3.63, 3.8) is 0 Å². The van der Waals surface area contributed by atoms with Gasteiger partial charge in [-0.1, -0.05) is 0 Å². The average Bonchev–Trinajstić information content (AvgIpc) is 3.54. The number of hydrogen-bond acceptors (Lipinski definition) is 23. The molecule has 0 radical (unpaired) electrons. The number of ether oxygens (including phenoxy) is 9. The lowest BCUT2D eigenvalue weighted by Crippen LogP contribution is -2.66. The molecule has 6 saturated heterocycles. The fourth-order valence-corrected chi connectivity index (χ4v) is 7.79. The lowest BCUT2D eigenvalue weighted by atomic mass is 9.96. The molecule has 0 aliphatic carbocycles. The molecule has 6 aliphatic heterocycles. The van der Waals surface area contributed by atoms with Gasteiger partial charge in [-0.25, -0.2) is 8.37 Å². The average molecular weight is 791 g/mol. The Bertz CT molecular complexity index is 1420. The molecule has 27 heteroatoms. The third-order valence-electron chi connectivity index (χ3n) is 9.11. The van der Waals surface area contributed by atoms with Crippen LogP contribution in [0.2, 0.25) is 0 Å². The van der Waals surface area contributed by atoms with Crippen molar-refractivity contribution in [2.75, 3.05) is 26.4 Å². The molecule has 0 amide bonds. The Morgan fingerprint density at radius 1 is 0.510 bits per heavy atom. The minimum Gasteiger partial charge on any atom is -0.394 e. The summed E-state index contributed by atoms with van der Waals surface area (Å²) < 4.78 is 124. The Labute approximate surface area is 287 Å². The van der Waals surface area contributed by atoms with Gasteiger partial charge in [0.1, 0.15) is 97.7 Å². The highest BCUT2D eigenvalue weighted by molar-refractivity contribution is 7.81. The summed E-state index contributed by atoms with van der Waals surface area (Å²) in [5.41, 5.74) is 0. The molecule has 0 saturated carbocycles. The number of fused-ring (bicyclic) bond motifs is 4. The lowest BCUT2D eigenvalue weighted by molar-refractivity contribution is -0.369. The van der Waals surface area contributed by atoms with Crippen LogP contribution < -0.4 is 0 Å². The maximum Gasteiger partial charge on any atom is 0.397 e. The summed E-state index contributed by atoms with van der Waals surface area (Å²) in [4.78, 5) is 0. The molecule has 25 nitrogen and oxygen atoms in total. The Kier molecular flexibility index (Phi) is 11.9. The maximum atomic E-state index is 11.8. The van der Waals surface area contributed by atoms with E-state index < -0.39 is 157 Å². The van der Waals surface area contributed by atoms with Crippen LogP contribution in [-0.4, -0.2) is 216 Å². The van der Waals surface area contributed by atoms with Crippen molar-refractivity contribution >= 4 is 20.8 Å². The quantitative estimate of drug-likeness (QED) is 0.0821. The molecule has 51 heavy (non-hydrogen) atoms. The second kappa shape index (κ2) is 15.3. The van der Waals surface area contributed by atoms with Gasteiger partial charge in [0.05, 0.1) is 26.4 Å². The third-order valence-corrected chi connectivity index (χ3v) is 10.0. The van der Waals surface area contributed by atoms with Crippen molar-refractivity contribution in [2.24, 2.45) is 0 Å². The van der Waals surface area contributed by atoms with E-state index in [4.69, 9.17) is 47.2 Å². The van der Waals surface area contributed by atoms with E-state index in [1.54, 1.807) is 0 Å². The topological polar surface area (TPSA) is 372 Å². The van der Waals surface area contributed by atoms with Crippen molar-refractivity contribution in [2.45, 2.75) is 123 Å². The summed E-state index contributed by atoms with van der Waals surface area (Å²) in [7, 11) is -10.5. The van der Waals surface area contributed by atoms with Crippen LogP contribution in [0.4, 0.5) is 0 Å². The lowest BCUT2D eigenvalue weighted by Gasteiger charge is -2.47. The molecule has 0 aromatic heterocycles. The highest BCUT2D eigenvalue weighted by atomic mass is 32.3. The first kappa shape index (κ1) is 39.7. The number of aliphatic hydroxyl groups excluding tert-OH is 8. The first-order valence-electron chi connectivity index (χ1n) is 15.3. The van der Waals surface area contributed by atoms with E-state index in [-0.39, 0.29) is 13.2 Å². The highest BCUT2D eigenvalue weighted by Crippen LogP contribution is 2.39. The van der Waals surface area contributed by atoms with E-state index in [1.165, 1.54) is 0 Å².